The predicted octanol–water partition coefficient (Wildman–Crippen LogP) is 1.86. The molecule has 10 N–H and O–H groups in total. The smallest absolute Gasteiger partial charge is 0.247 e. The highest BCUT2D eigenvalue weighted by atomic mass is 16.2. The zero-order chi connectivity index (χ0) is 46.1. The summed E-state index contributed by atoms with van der Waals surface area (Å²) in [6, 6.07) is 23.0. The van der Waals surface area contributed by atoms with Crippen LogP contribution >= 0.6 is 0 Å². The van der Waals surface area contributed by atoms with Crippen LogP contribution in [0.4, 0.5) is 0 Å². The molecule has 66 heavy (non-hydrogen) atoms. The van der Waals surface area contributed by atoms with Crippen LogP contribution in [0.25, 0.3) is 21.8 Å². The first kappa shape index (κ1) is 43.9. The van der Waals surface area contributed by atoms with E-state index < -0.39 is 83.8 Å². The molecule has 16 nitrogen and oxygen atoms in total. The highest BCUT2D eigenvalue weighted by molar-refractivity contribution is 6.00. The predicted molar refractivity (Wildman–Crippen MR) is 248 cm³/mol. The summed E-state index contributed by atoms with van der Waals surface area (Å²) >= 11 is 0. The molecule has 0 bridgehead atoms. The molecule has 5 heterocycles. The Hall–Kier alpha value is -7.30. The van der Waals surface area contributed by atoms with E-state index in [2.05, 4.69) is 31.2 Å². The van der Waals surface area contributed by atoms with Gasteiger partial charge in [-0.05, 0) is 53.3 Å². The first-order chi connectivity index (χ1) is 31.9. The number of hydrogen-bond donors (Lipinski definition) is 8. The maximum atomic E-state index is 15.0. The molecule has 3 aliphatic rings. The molecule has 0 spiro atoms. The first-order valence-corrected chi connectivity index (χ1v) is 22.5. The van der Waals surface area contributed by atoms with Crippen molar-refractivity contribution in [2.75, 3.05) is 6.54 Å². The molecule has 6 amide bonds. The van der Waals surface area contributed by atoms with Crippen LogP contribution in [0.1, 0.15) is 41.2 Å². The van der Waals surface area contributed by atoms with Crippen molar-refractivity contribution in [3.63, 3.8) is 0 Å². The zero-order valence-electron chi connectivity index (χ0n) is 36.5. The summed E-state index contributed by atoms with van der Waals surface area (Å²) in [6.45, 7) is 1.64. The van der Waals surface area contributed by atoms with Gasteiger partial charge in [0.05, 0.1) is 0 Å². The number of amides is 6. The van der Waals surface area contributed by atoms with Gasteiger partial charge in [-0.2, -0.15) is 0 Å². The van der Waals surface area contributed by atoms with Gasteiger partial charge in [0, 0.05) is 85.1 Å². The third kappa shape index (κ3) is 9.01. The molecule has 6 aromatic rings. The van der Waals surface area contributed by atoms with Crippen LogP contribution in [-0.2, 0) is 61.0 Å². The summed E-state index contributed by atoms with van der Waals surface area (Å²) in [4.78, 5) is 98.4. The first-order valence-electron chi connectivity index (χ1n) is 22.5. The number of benzene rings is 4. The van der Waals surface area contributed by atoms with Crippen LogP contribution in [0.5, 0.6) is 0 Å². The number of fused-ring (bicyclic) bond motifs is 5. The van der Waals surface area contributed by atoms with Crippen molar-refractivity contribution >= 4 is 57.2 Å². The van der Waals surface area contributed by atoms with E-state index in [1.54, 1.807) is 19.3 Å². The van der Waals surface area contributed by atoms with Gasteiger partial charge in [-0.1, -0.05) is 91.0 Å². The van der Waals surface area contributed by atoms with E-state index >= 15 is 4.79 Å². The Kier molecular flexibility index (Phi) is 12.4. The van der Waals surface area contributed by atoms with Crippen molar-refractivity contribution in [2.24, 2.45) is 11.5 Å². The highest BCUT2D eigenvalue weighted by Crippen LogP contribution is 2.29. The number of nitrogens with one attached hydrogen (secondary N) is 6. The molecular weight excluding hydrogens is 837 g/mol. The van der Waals surface area contributed by atoms with E-state index in [1.165, 1.54) is 9.80 Å². The Morgan fingerprint density at radius 3 is 1.70 bits per heavy atom. The fourth-order valence-electron chi connectivity index (χ4n) is 9.71. The Labute approximate surface area is 381 Å². The fourth-order valence-corrected chi connectivity index (χ4v) is 9.71. The summed E-state index contributed by atoms with van der Waals surface area (Å²) in [6.07, 6.45) is 3.85. The number of nitrogens with zero attached hydrogens (tertiary/aromatic N) is 2. The number of carbonyl (C=O) groups excluding carboxylic acids is 6. The van der Waals surface area contributed by atoms with Crippen LogP contribution in [0.2, 0.25) is 0 Å². The van der Waals surface area contributed by atoms with E-state index in [-0.39, 0.29) is 45.2 Å². The van der Waals surface area contributed by atoms with Gasteiger partial charge in [0.25, 0.3) is 0 Å². The number of aromatic amines is 2. The second kappa shape index (κ2) is 18.7. The maximum absolute atomic E-state index is 15.0. The van der Waals surface area contributed by atoms with E-state index in [0.29, 0.717) is 0 Å². The van der Waals surface area contributed by atoms with Gasteiger partial charge in [-0.25, -0.2) is 0 Å². The molecule has 2 saturated heterocycles. The lowest BCUT2D eigenvalue weighted by atomic mass is 9.92. The Balaban J connectivity index is 1.14. The molecule has 4 aromatic carbocycles. The average molecular weight is 891 g/mol. The number of hydrogen-bond acceptors (Lipinski definition) is 8. The highest BCUT2D eigenvalue weighted by Gasteiger charge is 2.47. The number of H-pyrrole nitrogens is 2. The SMILES string of the molecule is CC(N)[C@@H]1NC(=O)[C@H](Cc2c[nH]c3ccccc23)NC(=O)[C@@H](Cc2ccccc2)NC(=O)[C@H](Cc2c[nH]c3ccccc23)NC(=O)[C@@H]2Cc3ccccc3CN2C(=O)[C@H]2C[C@H](N)CN2C1=O. The molecule has 2 aromatic heterocycles. The van der Waals surface area contributed by atoms with Crippen LogP contribution < -0.4 is 32.7 Å². The molecule has 9 rings (SSSR count). The van der Waals surface area contributed by atoms with E-state index in [0.717, 1.165) is 49.6 Å². The summed E-state index contributed by atoms with van der Waals surface area (Å²) < 4.78 is 0. The average Bonchev–Trinajstić information content (AvgIpc) is 4.05. The van der Waals surface area contributed by atoms with E-state index in [9.17, 15) is 24.0 Å². The minimum atomic E-state index is -1.33. The quantitative estimate of drug-likeness (QED) is 0.117. The van der Waals surface area contributed by atoms with E-state index in [4.69, 9.17) is 11.5 Å². The summed E-state index contributed by atoms with van der Waals surface area (Å²) in [5, 5.41) is 13.4. The topological polar surface area (TPSA) is 241 Å². The molecule has 340 valence electrons. The third-order valence-corrected chi connectivity index (χ3v) is 13.2. The fraction of sp³-hybridized carbons (Fsp3) is 0.320. The van der Waals surface area contributed by atoms with Gasteiger partial charge < -0.3 is 52.5 Å². The number of para-hydroxylation sites is 2. The van der Waals surface area contributed by atoms with Crippen LogP contribution in [0.15, 0.2) is 116 Å². The number of nitrogens with two attached hydrogens (primary N) is 2. The van der Waals surface area contributed by atoms with Crippen LogP contribution in [-0.4, -0.2) is 110 Å². The van der Waals surface area contributed by atoms with Gasteiger partial charge in [-0.3, -0.25) is 28.8 Å². The van der Waals surface area contributed by atoms with Gasteiger partial charge in [0.1, 0.15) is 36.3 Å². The van der Waals surface area contributed by atoms with Crippen molar-refractivity contribution in [1.29, 1.82) is 0 Å². The molecule has 2 fully saturated rings. The maximum Gasteiger partial charge on any atom is 0.247 e. The normalized spacial score (nSPS) is 24.9. The second-order valence-electron chi connectivity index (χ2n) is 17.8. The van der Waals surface area contributed by atoms with Gasteiger partial charge >= 0.3 is 0 Å². The van der Waals surface area contributed by atoms with Gasteiger partial charge in [0.15, 0.2) is 0 Å². The summed E-state index contributed by atoms with van der Waals surface area (Å²) in [7, 11) is 0. The molecule has 0 saturated carbocycles. The minimum absolute atomic E-state index is 0.000219. The lowest BCUT2D eigenvalue weighted by molar-refractivity contribution is -0.150. The van der Waals surface area contributed by atoms with Crippen molar-refractivity contribution in [2.45, 2.75) is 93.9 Å². The second-order valence-corrected chi connectivity index (χ2v) is 17.8. The number of rotatable bonds is 7. The Morgan fingerprint density at radius 2 is 1.09 bits per heavy atom. The molecule has 8 atom stereocenters. The van der Waals surface area contributed by atoms with Crippen molar-refractivity contribution < 1.29 is 28.8 Å². The summed E-state index contributed by atoms with van der Waals surface area (Å²) in [5.41, 5.74) is 18.5. The van der Waals surface area contributed by atoms with E-state index in [1.807, 2.05) is 103 Å². The van der Waals surface area contributed by atoms with Crippen molar-refractivity contribution in [3.8, 4) is 0 Å². The third-order valence-electron chi connectivity index (χ3n) is 13.2. The monoisotopic (exact) mass is 890 g/mol. The van der Waals surface area contributed by atoms with Crippen molar-refractivity contribution in [1.82, 2.24) is 41.0 Å². The van der Waals surface area contributed by atoms with Gasteiger partial charge in [-0.15, -0.1) is 0 Å². The lowest BCUT2D eigenvalue weighted by Gasteiger charge is -2.40. The molecule has 0 radical (unpaired) electrons. The lowest BCUT2D eigenvalue weighted by Crippen LogP contribution is -2.64. The zero-order valence-corrected chi connectivity index (χ0v) is 36.5. The van der Waals surface area contributed by atoms with Crippen molar-refractivity contribution in [3.05, 3.63) is 143 Å². The van der Waals surface area contributed by atoms with Crippen LogP contribution in [0.3, 0.4) is 0 Å². The van der Waals surface area contributed by atoms with Crippen LogP contribution in [0, 0.1) is 0 Å². The molecule has 3 aliphatic heterocycles. The minimum Gasteiger partial charge on any atom is -0.361 e. The van der Waals surface area contributed by atoms with Gasteiger partial charge in [0.2, 0.25) is 35.4 Å². The number of aromatic nitrogens is 2. The Bertz CT molecular complexity index is 2800. The number of carbonyl (C=O) groups is 6. The largest absolute Gasteiger partial charge is 0.361 e. The molecular formula is C50H54N10O6. The summed E-state index contributed by atoms with van der Waals surface area (Å²) in [5.74, 6) is -3.70. The molecule has 16 heteroatoms. The molecule has 0 aliphatic carbocycles. The Morgan fingerprint density at radius 1 is 0.576 bits per heavy atom. The standard InChI is InChI=1S/C50H54N10O6/c1-28(51)44-50(66)60-27-34(52)23-43(60)49(65)59-26-31-14-6-5-13-30(31)22-42(59)48(64)57-40(20-32-24-53-37-17-9-7-15-35(32)37)46(62)55-39(19-29-11-3-2-4-12-29)45(61)56-41(47(63)58-44)21-33-25-54-38-18-10-8-16-36(33)38/h2-18,24-25,28,34,39-44,53-54H,19-23,26-27,51-52H2,1H3,(H,55,62)(H,56,61)(H,57,64)(H,58,63)/t28?,34-,39+,40-,41-,42-,43+,44-/m0/s1. The molecule has 1 unspecified atom stereocenters.